The minimum absolute atomic E-state index is 0.0146. The molecule has 3 rings (SSSR count). The molecule has 2 amide bonds. The minimum atomic E-state index is -0.709. The summed E-state index contributed by atoms with van der Waals surface area (Å²) in [5, 5.41) is 2.56. The fraction of sp³-hybridized carbons (Fsp3) is 0.500. The van der Waals surface area contributed by atoms with Gasteiger partial charge in [0.15, 0.2) is 0 Å². The van der Waals surface area contributed by atoms with E-state index in [-0.39, 0.29) is 17.5 Å². The van der Waals surface area contributed by atoms with E-state index in [4.69, 9.17) is 0 Å². The monoisotopic (exact) mass is 290 g/mol. The summed E-state index contributed by atoms with van der Waals surface area (Å²) in [4.78, 5) is 26.7. The quantitative estimate of drug-likeness (QED) is 0.869. The second-order valence-electron chi connectivity index (χ2n) is 5.98. The minimum Gasteiger partial charge on any atom is -0.339 e. The first-order valence-corrected chi connectivity index (χ1v) is 7.44. The highest BCUT2D eigenvalue weighted by atomic mass is 19.1. The molecule has 1 heterocycles. The van der Waals surface area contributed by atoms with Gasteiger partial charge in [0.25, 0.3) is 0 Å². The molecule has 1 aromatic carbocycles. The van der Waals surface area contributed by atoms with Crippen molar-refractivity contribution in [3.8, 4) is 0 Å². The van der Waals surface area contributed by atoms with Gasteiger partial charge in [-0.05, 0) is 37.3 Å². The average molecular weight is 290 g/mol. The lowest BCUT2D eigenvalue weighted by molar-refractivity contribution is -0.146. The van der Waals surface area contributed by atoms with Crippen LogP contribution in [0.4, 0.5) is 10.1 Å². The number of likely N-dealkylation sites (tertiary alicyclic amines) is 1. The number of hydrogen-bond donors (Lipinski definition) is 1. The Labute approximate surface area is 123 Å². The molecule has 0 unspecified atom stereocenters. The summed E-state index contributed by atoms with van der Waals surface area (Å²) < 4.78 is 13.6. The van der Waals surface area contributed by atoms with Crippen molar-refractivity contribution in [3.63, 3.8) is 0 Å². The summed E-state index contributed by atoms with van der Waals surface area (Å²) >= 11 is 0. The number of carbonyl (C=O) groups is 2. The number of halogens is 1. The Morgan fingerprint density at radius 2 is 2.00 bits per heavy atom. The maximum atomic E-state index is 13.6. The van der Waals surface area contributed by atoms with Crippen LogP contribution in [0.15, 0.2) is 24.3 Å². The second-order valence-corrected chi connectivity index (χ2v) is 5.98. The summed E-state index contributed by atoms with van der Waals surface area (Å²) in [6, 6.07) is 6.33. The number of amides is 2. The number of anilines is 1. The molecule has 0 spiro atoms. The summed E-state index contributed by atoms with van der Waals surface area (Å²) in [6.45, 7) is 2.64. The third-order valence-electron chi connectivity index (χ3n) is 4.35. The number of para-hydroxylation sites is 1. The maximum Gasteiger partial charge on any atom is 0.237 e. The van der Waals surface area contributed by atoms with Gasteiger partial charge in [0, 0.05) is 12.6 Å². The van der Waals surface area contributed by atoms with Crippen LogP contribution >= 0.6 is 0 Å². The summed E-state index contributed by atoms with van der Waals surface area (Å²) in [7, 11) is 0. The summed E-state index contributed by atoms with van der Waals surface area (Å²) in [6.07, 6.45) is 2.88. The van der Waals surface area contributed by atoms with E-state index in [1.807, 2.05) is 11.8 Å². The Hall–Kier alpha value is -1.91. The van der Waals surface area contributed by atoms with Crippen molar-refractivity contribution < 1.29 is 14.0 Å². The predicted octanol–water partition coefficient (Wildman–Crippen LogP) is 2.41. The van der Waals surface area contributed by atoms with Crippen molar-refractivity contribution >= 4 is 17.5 Å². The number of carbonyl (C=O) groups excluding carboxylic acids is 2. The van der Waals surface area contributed by atoms with Crippen LogP contribution in [-0.2, 0) is 9.59 Å². The number of benzene rings is 1. The molecule has 0 radical (unpaired) electrons. The van der Waals surface area contributed by atoms with Crippen molar-refractivity contribution in [2.45, 2.75) is 32.2 Å². The highest BCUT2D eigenvalue weighted by molar-refractivity contribution is 6.07. The average Bonchev–Trinajstić information content (AvgIpc) is 3.26. The van der Waals surface area contributed by atoms with Crippen LogP contribution in [0.2, 0.25) is 0 Å². The Balaban J connectivity index is 1.75. The Kier molecular flexibility index (Phi) is 3.66. The molecule has 0 bridgehead atoms. The maximum absolute atomic E-state index is 13.6. The Morgan fingerprint density at radius 3 is 2.67 bits per heavy atom. The normalized spacial score (nSPS) is 25.8. The SMILES string of the molecule is C[C@H]1CCN(C2CC2)C(=O)[C@@H]1C(=O)Nc1ccccc1F. The zero-order chi connectivity index (χ0) is 15.0. The summed E-state index contributed by atoms with van der Waals surface area (Å²) in [5.41, 5.74) is 0.131. The van der Waals surface area contributed by atoms with Crippen molar-refractivity contribution in [2.24, 2.45) is 11.8 Å². The molecule has 1 aliphatic carbocycles. The standard InChI is InChI=1S/C16H19FN2O2/c1-10-8-9-19(11-6-7-11)16(21)14(10)15(20)18-13-5-3-2-4-12(13)17/h2-5,10-11,14H,6-9H2,1H3,(H,18,20)/t10-,14-/m0/s1. The molecule has 1 saturated heterocycles. The van der Waals surface area contributed by atoms with E-state index in [0.717, 1.165) is 25.8 Å². The van der Waals surface area contributed by atoms with Gasteiger partial charge in [0.05, 0.1) is 5.69 Å². The van der Waals surface area contributed by atoms with E-state index in [1.54, 1.807) is 12.1 Å². The lowest BCUT2D eigenvalue weighted by Gasteiger charge is -2.35. The zero-order valence-corrected chi connectivity index (χ0v) is 12.0. The topological polar surface area (TPSA) is 49.4 Å². The van der Waals surface area contributed by atoms with Crippen LogP contribution in [0.5, 0.6) is 0 Å². The number of piperidine rings is 1. The summed E-state index contributed by atoms with van der Waals surface area (Å²) in [5.74, 6) is -1.72. The molecular weight excluding hydrogens is 271 g/mol. The lowest BCUT2D eigenvalue weighted by atomic mass is 9.85. The van der Waals surface area contributed by atoms with Gasteiger partial charge < -0.3 is 10.2 Å². The first-order valence-electron chi connectivity index (χ1n) is 7.44. The number of nitrogens with zero attached hydrogens (tertiary/aromatic N) is 1. The van der Waals surface area contributed by atoms with E-state index >= 15 is 0 Å². The molecule has 1 N–H and O–H groups in total. The van der Waals surface area contributed by atoms with Gasteiger partial charge >= 0.3 is 0 Å². The number of hydrogen-bond acceptors (Lipinski definition) is 2. The Morgan fingerprint density at radius 1 is 1.29 bits per heavy atom. The lowest BCUT2D eigenvalue weighted by Crippen LogP contribution is -2.50. The van der Waals surface area contributed by atoms with Crippen LogP contribution in [0.1, 0.15) is 26.2 Å². The molecule has 112 valence electrons. The molecule has 1 saturated carbocycles. The van der Waals surface area contributed by atoms with Gasteiger partial charge in [-0.25, -0.2) is 4.39 Å². The fourth-order valence-electron chi connectivity index (χ4n) is 2.93. The van der Waals surface area contributed by atoms with Crippen molar-refractivity contribution in [1.29, 1.82) is 0 Å². The van der Waals surface area contributed by atoms with Crippen molar-refractivity contribution in [3.05, 3.63) is 30.1 Å². The molecule has 1 aliphatic heterocycles. The molecule has 21 heavy (non-hydrogen) atoms. The third-order valence-corrected chi connectivity index (χ3v) is 4.35. The van der Waals surface area contributed by atoms with Gasteiger partial charge in [-0.1, -0.05) is 19.1 Å². The molecule has 4 nitrogen and oxygen atoms in total. The highest BCUT2D eigenvalue weighted by Gasteiger charge is 2.44. The van der Waals surface area contributed by atoms with Crippen LogP contribution in [0.25, 0.3) is 0 Å². The van der Waals surface area contributed by atoms with E-state index < -0.39 is 17.6 Å². The molecule has 1 aromatic rings. The van der Waals surface area contributed by atoms with Gasteiger partial charge in [-0.2, -0.15) is 0 Å². The molecule has 5 heteroatoms. The van der Waals surface area contributed by atoms with Gasteiger partial charge in [-0.15, -0.1) is 0 Å². The van der Waals surface area contributed by atoms with Crippen LogP contribution in [0, 0.1) is 17.7 Å². The number of nitrogens with one attached hydrogen (secondary N) is 1. The van der Waals surface area contributed by atoms with Gasteiger partial charge in [-0.3, -0.25) is 9.59 Å². The first-order chi connectivity index (χ1) is 10.1. The third kappa shape index (κ3) is 2.77. The second kappa shape index (κ2) is 5.47. The Bertz CT molecular complexity index is 571. The molecule has 2 aliphatic rings. The fourth-order valence-corrected chi connectivity index (χ4v) is 2.93. The van der Waals surface area contributed by atoms with Crippen LogP contribution in [-0.4, -0.2) is 29.3 Å². The van der Waals surface area contributed by atoms with Crippen molar-refractivity contribution in [2.75, 3.05) is 11.9 Å². The van der Waals surface area contributed by atoms with E-state index in [2.05, 4.69) is 5.32 Å². The highest BCUT2D eigenvalue weighted by Crippen LogP contribution is 2.34. The first kappa shape index (κ1) is 14.0. The van der Waals surface area contributed by atoms with Gasteiger partial charge in [0.1, 0.15) is 11.7 Å². The zero-order valence-electron chi connectivity index (χ0n) is 12.0. The van der Waals surface area contributed by atoms with Crippen LogP contribution < -0.4 is 5.32 Å². The smallest absolute Gasteiger partial charge is 0.237 e. The molecule has 0 aromatic heterocycles. The van der Waals surface area contributed by atoms with E-state index in [9.17, 15) is 14.0 Å². The van der Waals surface area contributed by atoms with Gasteiger partial charge in [0.2, 0.25) is 11.8 Å². The largest absolute Gasteiger partial charge is 0.339 e. The van der Waals surface area contributed by atoms with E-state index in [0.29, 0.717) is 6.04 Å². The van der Waals surface area contributed by atoms with Crippen molar-refractivity contribution in [1.82, 2.24) is 4.90 Å². The molecule has 2 atom stereocenters. The van der Waals surface area contributed by atoms with E-state index in [1.165, 1.54) is 12.1 Å². The number of rotatable bonds is 3. The van der Waals surface area contributed by atoms with Crippen LogP contribution in [0.3, 0.4) is 0 Å². The molecule has 2 fully saturated rings. The predicted molar refractivity (Wildman–Crippen MR) is 77.0 cm³/mol. The molecular formula is C16H19FN2O2.